The molecule has 0 saturated heterocycles. The van der Waals surface area contributed by atoms with Crippen LogP contribution in [0.5, 0.6) is 0 Å². The molecule has 4 heteroatoms. The van der Waals surface area contributed by atoms with Crippen LogP contribution in [-0.4, -0.2) is 31.7 Å². The van der Waals surface area contributed by atoms with Gasteiger partial charge in [0.2, 0.25) is 0 Å². The van der Waals surface area contributed by atoms with E-state index in [1.807, 2.05) is 18.2 Å². The van der Waals surface area contributed by atoms with E-state index in [4.69, 9.17) is 4.74 Å². The Morgan fingerprint density at radius 3 is 3.11 bits per heavy atom. The zero-order chi connectivity index (χ0) is 12.8. The van der Waals surface area contributed by atoms with Crippen molar-refractivity contribution in [3.05, 3.63) is 29.8 Å². The van der Waals surface area contributed by atoms with Gasteiger partial charge >= 0.3 is 0 Å². The second-order valence-corrected chi connectivity index (χ2v) is 4.40. The summed E-state index contributed by atoms with van der Waals surface area (Å²) in [7, 11) is 0. The minimum absolute atomic E-state index is 0.0311. The summed E-state index contributed by atoms with van der Waals surface area (Å²) < 4.78 is 5.63. The Kier molecular flexibility index (Phi) is 4.73. The molecule has 4 nitrogen and oxygen atoms in total. The smallest absolute Gasteiger partial charge is 0.253 e. The number of carbonyl (C=O) groups excluding carboxylic acids is 1. The molecule has 1 aliphatic rings. The van der Waals surface area contributed by atoms with Gasteiger partial charge in [0.15, 0.2) is 0 Å². The number of para-hydroxylation sites is 1. The van der Waals surface area contributed by atoms with E-state index in [1.165, 1.54) is 5.56 Å². The molecule has 0 aliphatic carbocycles. The summed E-state index contributed by atoms with van der Waals surface area (Å²) in [5, 5.41) is 6.11. The molecule has 1 atom stereocenters. The van der Waals surface area contributed by atoms with Crippen LogP contribution in [0, 0.1) is 0 Å². The number of amides is 1. The SMILES string of the molecule is CCNCCOC1CCc2ccccc2NC1=O. The lowest BCUT2D eigenvalue weighted by Crippen LogP contribution is -2.31. The molecule has 0 saturated carbocycles. The molecule has 1 aromatic rings. The van der Waals surface area contributed by atoms with Crippen LogP contribution in [-0.2, 0) is 16.0 Å². The molecular weight excluding hydrogens is 228 g/mol. The zero-order valence-corrected chi connectivity index (χ0v) is 10.7. The van der Waals surface area contributed by atoms with Crippen LogP contribution < -0.4 is 10.6 Å². The highest BCUT2D eigenvalue weighted by Gasteiger charge is 2.23. The van der Waals surface area contributed by atoms with Crippen molar-refractivity contribution in [3.63, 3.8) is 0 Å². The number of carbonyl (C=O) groups is 1. The highest BCUT2D eigenvalue weighted by Crippen LogP contribution is 2.22. The molecular formula is C14H20N2O2. The number of rotatable bonds is 5. The number of hydrogen-bond donors (Lipinski definition) is 2. The Balaban J connectivity index is 1.91. The molecule has 0 radical (unpaired) electrons. The van der Waals surface area contributed by atoms with Crippen LogP contribution in [0.2, 0.25) is 0 Å². The molecule has 0 spiro atoms. The fourth-order valence-corrected chi connectivity index (χ4v) is 2.10. The fraction of sp³-hybridized carbons (Fsp3) is 0.500. The normalized spacial score (nSPS) is 18.9. The first-order chi connectivity index (χ1) is 8.81. The first-order valence-corrected chi connectivity index (χ1v) is 6.52. The van der Waals surface area contributed by atoms with E-state index in [0.717, 1.165) is 31.6 Å². The van der Waals surface area contributed by atoms with Crippen molar-refractivity contribution in [1.29, 1.82) is 0 Å². The number of benzene rings is 1. The van der Waals surface area contributed by atoms with Crippen LogP contribution in [0.3, 0.4) is 0 Å². The van der Waals surface area contributed by atoms with Crippen LogP contribution >= 0.6 is 0 Å². The summed E-state index contributed by atoms with van der Waals surface area (Å²) in [4.78, 5) is 12.0. The number of aryl methyl sites for hydroxylation is 1. The molecule has 1 unspecified atom stereocenters. The van der Waals surface area contributed by atoms with E-state index in [9.17, 15) is 4.79 Å². The minimum Gasteiger partial charge on any atom is -0.367 e. The van der Waals surface area contributed by atoms with Crippen molar-refractivity contribution in [2.24, 2.45) is 0 Å². The number of fused-ring (bicyclic) bond motifs is 1. The minimum atomic E-state index is -0.337. The highest BCUT2D eigenvalue weighted by atomic mass is 16.5. The average molecular weight is 248 g/mol. The van der Waals surface area contributed by atoms with Crippen molar-refractivity contribution < 1.29 is 9.53 Å². The van der Waals surface area contributed by atoms with E-state index in [-0.39, 0.29) is 12.0 Å². The molecule has 0 bridgehead atoms. The lowest BCUT2D eigenvalue weighted by atomic mass is 10.1. The Morgan fingerprint density at radius 1 is 1.44 bits per heavy atom. The lowest BCUT2D eigenvalue weighted by Gasteiger charge is -2.14. The van der Waals surface area contributed by atoms with Crippen LogP contribution in [0.1, 0.15) is 18.9 Å². The summed E-state index contributed by atoms with van der Waals surface area (Å²) >= 11 is 0. The summed E-state index contributed by atoms with van der Waals surface area (Å²) in [5.74, 6) is -0.0311. The number of ether oxygens (including phenoxy) is 1. The van der Waals surface area contributed by atoms with E-state index in [0.29, 0.717) is 6.61 Å². The van der Waals surface area contributed by atoms with Gasteiger partial charge in [-0.1, -0.05) is 25.1 Å². The van der Waals surface area contributed by atoms with Crippen LogP contribution in [0.25, 0.3) is 0 Å². The number of hydrogen-bond acceptors (Lipinski definition) is 3. The highest BCUT2D eigenvalue weighted by molar-refractivity contribution is 5.95. The molecule has 1 aromatic carbocycles. The van der Waals surface area contributed by atoms with Gasteiger partial charge in [-0.25, -0.2) is 0 Å². The van der Waals surface area contributed by atoms with Crippen molar-refractivity contribution in [3.8, 4) is 0 Å². The number of nitrogens with one attached hydrogen (secondary N) is 2. The van der Waals surface area contributed by atoms with Gasteiger partial charge in [-0.05, 0) is 31.0 Å². The molecule has 0 fully saturated rings. The second kappa shape index (κ2) is 6.52. The maximum atomic E-state index is 12.0. The van der Waals surface area contributed by atoms with Gasteiger partial charge in [0.25, 0.3) is 5.91 Å². The molecule has 1 aliphatic heterocycles. The van der Waals surface area contributed by atoms with E-state index in [1.54, 1.807) is 0 Å². The monoisotopic (exact) mass is 248 g/mol. The molecule has 2 N–H and O–H groups in total. The van der Waals surface area contributed by atoms with Crippen molar-refractivity contribution in [2.75, 3.05) is 25.0 Å². The Bertz CT molecular complexity index is 407. The first-order valence-electron chi connectivity index (χ1n) is 6.52. The molecule has 2 rings (SSSR count). The Labute approximate surface area is 108 Å². The predicted molar refractivity (Wildman–Crippen MR) is 71.7 cm³/mol. The first kappa shape index (κ1) is 13.1. The zero-order valence-electron chi connectivity index (χ0n) is 10.7. The van der Waals surface area contributed by atoms with Crippen molar-refractivity contribution >= 4 is 11.6 Å². The van der Waals surface area contributed by atoms with Gasteiger partial charge in [0.05, 0.1) is 6.61 Å². The third-order valence-corrected chi connectivity index (χ3v) is 3.09. The van der Waals surface area contributed by atoms with E-state index >= 15 is 0 Å². The van der Waals surface area contributed by atoms with Crippen LogP contribution in [0.15, 0.2) is 24.3 Å². The molecule has 18 heavy (non-hydrogen) atoms. The third-order valence-electron chi connectivity index (χ3n) is 3.09. The van der Waals surface area contributed by atoms with Gasteiger partial charge in [-0.2, -0.15) is 0 Å². The van der Waals surface area contributed by atoms with Crippen molar-refractivity contribution in [1.82, 2.24) is 5.32 Å². The maximum absolute atomic E-state index is 12.0. The van der Waals surface area contributed by atoms with Gasteiger partial charge < -0.3 is 15.4 Å². The molecule has 1 amide bonds. The van der Waals surface area contributed by atoms with E-state index in [2.05, 4.69) is 23.6 Å². The molecule has 98 valence electrons. The number of likely N-dealkylation sites (N-methyl/N-ethyl adjacent to an activating group) is 1. The fourth-order valence-electron chi connectivity index (χ4n) is 2.10. The average Bonchev–Trinajstić information content (AvgIpc) is 2.54. The quantitative estimate of drug-likeness (QED) is 0.778. The summed E-state index contributed by atoms with van der Waals surface area (Å²) in [5.41, 5.74) is 2.10. The van der Waals surface area contributed by atoms with E-state index < -0.39 is 0 Å². The Hall–Kier alpha value is -1.39. The molecule has 0 aromatic heterocycles. The van der Waals surface area contributed by atoms with Crippen molar-refractivity contribution in [2.45, 2.75) is 25.9 Å². The lowest BCUT2D eigenvalue weighted by molar-refractivity contribution is -0.127. The maximum Gasteiger partial charge on any atom is 0.253 e. The predicted octanol–water partition coefficient (Wildman–Crippen LogP) is 1.57. The third kappa shape index (κ3) is 3.31. The summed E-state index contributed by atoms with van der Waals surface area (Å²) in [6.07, 6.45) is 1.28. The van der Waals surface area contributed by atoms with Gasteiger partial charge in [0, 0.05) is 12.2 Å². The van der Waals surface area contributed by atoms with Crippen LogP contribution in [0.4, 0.5) is 5.69 Å². The Morgan fingerprint density at radius 2 is 2.28 bits per heavy atom. The largest absolute Gasteiger partial charge is 0.367 e. The second-order valence-electron chi connectivity index (χ2n) is 4.40. The summed E-state index contributed by atoms with van der Waals surface area (Å²) in [6, 6.07) is 7.92. The van der Waals surface area contributed by atoms with Gasteiger partial charge in [0.1, 0.15) is 6.10 Å². The van der Waals surface area contributed by atoms with Gasteiger partial charge in [-0.3, -0.25) is 4.79 Å². The number of anilines is 1. The topological polar surface area (TPSA) is 50.4 Å². The standard InChI is InChI=1S/C14H20N2O2/c1-2-15-9-10-18-13-8-7-11-5-3-4-6-12(11)16-14(13)17/h3-6,13,15H,2,7-10H2,1H3,(H,16,17). The van der Waals surface area contributed by atoms with Gasteiger partial charge in [-0.15, -0.1) is 0 Å². The summed E-state index contributed by atoms with van der Waals surface area (Å²) in [6.45, 7) is 4.33. The molecule has 1 heterocycles.